The third-order valence-electron chi connectivity index (χ3n) is 12.6. The van der Waals surface area contributed by atoms with E-state index < -0.39 is 5.97 Å². The van der Waals surface area contributed by atoms with Gasteiger partial charge in [-0.1, -0.05) is 20.8 Å². The molecule has 46 heavy (non-hydrogen) atoms. The fourth-order valence-electron chi connectivity index (χ4n) is 10.1. The van der Waals surface area contributed by atoms with E-state index in [0.717, 1.165) is 43.4 Å². The van der Waals surface area contributed by atoms with E-state index in [4.69, 9.17) is 14.3 Å². The van der Waals surface area contributed by atoms with Gasteiger partial charge < -0.3 is 25.2 Å². The van der Waals surface area contributed by atoms with Crippen molar-refractivity contribution in [2.75, 3.05) is 40.0 Å². The Balaban J connectivity index is 1.13. The van der Waals surface area contributed by atoms with Gasteiger partial charge >= 0.3 is 5.97 Å². The molecule has 0 aromatic rings. The number of hydroxylamine groups is 1. The Morgan fingerprint density at radius 3 is 2.30 bits per heavy atom. The van der Waals surface area contributed by atoms with Crippen LogP contribution in [0.1, 0.15) is 104 Å². The number of fused-ring (bicyclic) bond motifs is 5. The molecule has 0 aromatic heterocycles. The van der Waals surface area contributed by atoms with E-state index >= 15 is 0 Å². The van der Waals surface area contributed by atoms with Crippen LogP contribution < -0.4 is 16.1 Å². The second-order valence-electron chi connectivity index (χ2n) is 15.0. The summed E-state index contributed by atoms with van der Waals surface area (Å²) in [5, 5.41) is 14.4. The topological polar surface area (TPSA) is 152 Å². The highest BCUT2D eigenvalue weighted by atomic mass is 16.7. The van der Waals surface area contributed by atoms with E-state index in [-0.39, 0.29) is 49.7 Å². The number of ether oxygens (including phenoxy) is 2. The zero-order valence-corrected chi connectivity index (χ0v) is 28.6. The number of carbonyl (C=O) groups is 4. The zero-order valence-electron chi connectivity index (χ0n) is 28.6. The number of amides is 3. The van der Waals surface area contributed by atoms with Crippen LogP contribution in [0.15, 0.2) is 0 Å². The van der Waals surface area contributed by atoms with Crippen molar-refractivity contribution in [3.05, 3.63) is 0 Å². The highest BCUT2D eigenvalue weighted by molar-refractivity contribution is 5.83. The van der Waals surface area contributed by atoms with Gasteiger partial charge in [0.05, 0.1) is 25.9 Å². The Hall–Kier alpha value is -2.24. The summed E-state index contributed by atoms with van der Waals surface area (Å²) in [7, 11) is 1.55. The molecule has 3 amide bonds. The number of nitrogens with one attached hydrogen (secondary N) is 3. The van der Waals surface area contributed by atoms with Gasteiger partial charge in [0, 0.05) is 32.9 Å². The van der Waals surface area contributed by atoms with E-state index in [1.165, 1.54) is 38.5 Å². The molecule has 4 rings (SSSR count). The van der Waals surface area contributed by atoms with Gasteiger partial charge in [-0.25, -0.2) is 5.48 Å². The monoisotopic (exact) mass is 649 g/mol. The van der Waals surface area contributed by atoms with Gasteiger partial charge in [-0.3, -0.25) is 24.0 Å². The van der Waals surface area contributed by atoms with E-state index in [2.05, 4.69) is 36.9 Å². The molecule has 0 bridgehead atoms. The zero-order chi connectivity index (χ0) is 33.3. The maximum atomic E-state index is 12.4. The van der Waals surface area contributed by atoms with Crippen LogP contribution in [0.3, 0.4) is 0 Å². The molecular formula is C35H59N3O8. The fourth-order valence-corrected chi connectivity index (χ4v) is 10.1. The van der Waals surface area contributed by atoms with Crippen LogP contribution in [0.5, 0.6) is 0 Å². The maximum absolute atomic E-state index is 12.4. The minimum atomic E-state index is -0.679. The number of hydrogen-bond donors (Lipinski definition) is 4. The lowest BCUT2D eigenvalue weighted by Crippen LogP contribution is -2.54. The molecule has 11 nitrogen and oxygen atoms in total. The highest BCUT2D eigenvalue weighted by Crippen LogP contribution is 2.68. The standard InChI is InChI=1S/C35H59N3O8/c1-23(5-12-33(42)43)27-8-9-28-26-7-6-24-21-25(13-15-34(24,2)29(26)14-16-35(27,28)3)46-38-31(40)11-10-30(39)37-17-18-44-19-20-45-22-32(41)36-4/h23-29H,5-22H2,1-4H3,(H,36,41)(H,37,39)(H,38,40)(H,42,43)/t23-,24-,25+,26+,27-,28?,29+,34+,35-/m1/s1. The van der Waals surface area contributed by atoms with Gasteiger partial charge in [0.25, 0.3) is 0 Å². The molecule has 4 fully saturated rings. The van der Waals surface area contributed by atoms with Gasteiger partial charge in [-0.15, -0.1) is 0 Å². The Kier molecular flexibility index (Phi) is 13.3. The average Bonchev–Trinajstić information content (AvgIpc) is 3.39. The molecule has 0 aromatic carbocycles. The summed E-state index contributed by atoms with van der Waals surface area (Å²) in [4.78, 5) is 52.8. The Bertz CT molecular complexity index is 1060. The summed E-state index contributed by atoms with van der Waals surface area (Å²) in [6.45, 7) is 8.61. The molecule has 0 spiro atoms. The highest BCUT2D eigenvalue weighted by Gasteiger charge is 2.60. The van der Waals surface area contributed by atoms with E-state index in [9.17, 15) is 24.3 Å². The molecular weight excluding hydrogens is 590 g/mol. The summed E-state index contributed by atoms with van der Waals surface area (Å²) < 4.78 is 10.5. The van der Waals surface area contributed by atoms with Crippen molar-refractivity contribution in [3.8, 4) is 0 Å². The molecule has 0 aliphatic heterocycles. The Morgan fingerprint density at radius 1 is 0.826 bits per heavy atom. The number of aliphatic carboxylic acids is 1. The minimum absolute atomic E-state index is 0.00434. The number of rotatable bonds is 17. The Labute approximate surface area is 275 Å². The third-order valence-corrected chi connectivity index (χ3v) is 12.6. The molecule has 0 radical (unpaired) electrons. The molecule has 4 aliphatic rings. The van der Waals surface area contributed by atoms with Crippen LogP contribution in [0.2, 0.25) is 0 Å². The summed E-state index contributed by atoms with van der Waals surface area (Å²) >= 11 is 0. The molecule has 4 N–H and O–H groups in total. The average molecular weight is 650 g/mol. The van der Waals surface area contributed by atoms with Gasteiger partial charge in [-0.2, -0.15) is 0 Å². The SMILES string of the molecule is CNC(=O)COCCOCCNC(=O)CCC(=O)NO[C@H]1CC[C@@]2(C)[C@H](CC[C@H]3C4CC[C@H]([C@H](C)CCC(=O)O)[C@@]4(C)CC[C@@H]32)C1. The van der Waals surface area contributed by atoms with Gasteiger partial charge in [-0.05, 0) is 111 Å². The number of likely N-dealkylation sites (N-methyl/N-ethyl adjacent to an activating group) is 1. The molecule has 1 unspecified atom stereocenters. The molecule has 262 valence electrons. The van der Waals surface area contributed by atoms with Gasteiger partial charge in [0.2, 0.25) is 17.7 Å². The first-order valence-corrected chi connectivity index (χ1v) is 17.8. The van der Waals surface area contributed by atoms with Crippen molar-refractivity contribution in [1.29, 1.82) is 0 Å². The van der Waals surface area contributed by atoms with Gasteiger partial charge in [0.15, 0.2) is 0 Å². The van der Waals surface area contributed by atoms with Crippen LogP contribution in [-0.2, 0) is 33.5 Å². The Morgan fingerprint density at radius 2 is 1.54 bits per heavy atom. The first-order chi connectivity index (χ1) is 22.0. The van der Waals surface area contributed by atoms with Crippen molar-refractivity contribution in [2.45, 2.75) is 110 Å². The largest absolute Gasteiger partial charge is 0.481 e. The molecule has 0 heterocycles. The quantitative estimate of drug-likeness (QED) is 0.135. The van der Waals surface area contributed by atoms with E-state index in [0.29, 0.717) is 54.9 Å². The van der Waals surface area contributed by atoms with Crippen molar-refractivity contribution in [1.82, 2.24) is 16.1 Å². The maximum Gasteiger partial charge on any atom is 0.303 e. The van der Waals surface area contributed by atoms with Crippen molar-refractivity contribution < 1.29 is 38.6 Å². The molecule has 4 saturated carbocycles. The van der Waals surface area contributed by atoms with Crippen molar-refractivity contribution in [2.24, 2.45) is 46.3 Å². The van der Waals surface area contributed by atoms with Crippen LogP contribution in [-0.4, -0.2) is 74.9 Å². The molecule has 11 heteroatoms. The molecule has 0 saturated heterocycles. The van der Waals surface area contributed by atoms with Crippen molar-refractivity contribution in [3.63, 3.8) is 0 Å². The number of hydrogen-bond acceptors (Lipinski definition) is 7. The normalized spacial score (nSPS) is 34.0. The predicted octanol–water partition coefficient (Wildman–Crippen LogP) is 4.24. The van der Waals surface area contributed by atoms with E-state index in [1.54, 1.807) is 7.05 Å². The van der Waals surface area contributed by atoms with Crippen LogP contribution in [0, 0.1) is 46.3 Å². The van der Waals surface area contributed by atoms with E-state index in [1.807, 2.05) is 0 Å². The first-order valence-electron chi connectivity index (χ1n) is 17.8. The summed E-state index contributed by atoms with van der Waals surface area (Å²) in [5.74, 6) is 2.57. The lowest BCUT2D eigenvalue weighted by molar-refractivity contribution is -0.159. The minimum Gasteiger partial charge on any atom is -0.481 e. The van der Waals surface area contributed by atoms with Crippen LogP contribution in [0.4, 0.5) is 0 Å². The number of carboxylic acid groups (broad SMARTS) is 1. The summed E-state index contributed by atoms with van der Waals surface area (Å²) in [6, 6.07) is 0. The van der Waals surface area contributed by atoms with Crippen LogP contribution >= 0.6 is 0 Å². The summed E-state index contributed by atoms with van der Waals surface area (Å²) in [5.41, 5.74) is 3.27. The second kappa shape index (κ2) is 16.7. The predicted molar refractivity (Wildman–Crippen MR) is 172 cm³/mol. The smallest absolute Gasteiger partial charge is 0.303 e. The third kappa shape index (κ3) is 9.01. The number of carbonyl (C=O) groups excluding carboxylic acids is 3. The second-order valence-corrected chi connectivity index (χ2v) is 15.0. The number of carboxylic acids is 1. The first kappa shape index (κ1) is 36.6. The molecule has 9 atom stereocenters. The lowest BCUT2D eigenvalue weighted by Gasteiger charge is -2.61. The van der Waals surface area contributed by atoms with Gasteiger partial charge in [0.1, 0.15) is 6.61 Å². The van der Waals surface area contributed by atoms with Crippen molar-refractivity contribution >= 4 is 23.7 Å². The van der Waals surface area contributed by atoms with Crippen LogP contribution in [0.25, 0.3) is 0 Å². The summed E-state index contributed by atoms with van der Waals surface area (Å²) in [6.07, 6.45) is 11.8. The molecule has 4 aliphatic carbocycles. The lowest BCUT2D eigenvalue weighted by atomic mass is 9.44. The fraction of sp³-hybridized carbons (Fsp3) is 0.886.